The van der Waals surface area contributed by atoms with Crippen LogP contribution in [0, 0.1) is 5.92 Å². The summed E-state index contributed by atoms with van der Waals surface area (Å²) in [5, 5.41) is 3.32. The van der Waals surface area contributed by atoms with Crippen LogP contribution in [0.15, 0.2) is 4.47 Å². The van der Waals surface area contributed by atoms with E-state index in [-0.39, 0.29) is 4.75 Å². The zero-order valence-electron chi connectivity index (χ0n) is 13.4. The van der Waals surface area contributed by atoms with Crippen LogP contribution >= 0.6 is 27.7 Å². The van der Waals surface area contributed by atoms with Crippen molar-refractivity contribution in [2.75, 3.05) is 11.9 Å². The maximum absolute atomic E-state index is 4.74. The molecule has 0 saturated carbocycles. The molecule has 1 rings (SSSR count). The van der Waals surface area contributed by atoms with Crippen LogP contribution in [-0.2, 0) is 12.2 Å². The van der Waals surface area contributed by atoms with Gasteiger partial charge in [-0.1, -0.05) is 34.6 Å². The minimum absolute atomic E-state index is 0.229. The van der Waals surface area contributed by atoms with Gasteiger partial charge < -0.3 is 5.32 Å². The van der Waals surface area contributed by atoms with Gasteiger partial charge in [-0.25, -0.2) is 9.97 Å². The van der Waals surface area contributed by atoms with Crippen LogP contribution in [0.3, 0.4) is 0 Å². The Balaban J connectivity index is 3.02. The number of anilines is 1. The van der Waals surface area contributed by atoms with Gasteiger partial charge in [0.1, 0.15) is 11.6 Å². The fraction of sp³-hybridized carbons (Fsp3) is 0.733. The average molecular weight is 360 g/mol. The fourth-order valence-corrected chi connectivity index (χ4v) is 2.87. The Morgan fingerprint density at radius 2 is 1.90 bits per heavy atom. The highest BCUT2D eigenvalue weighted by molar-refractivity contribution is 9.10. The molecule has 0 aliphatic rings. The lowest BCUT2D eigenvalue weighted by molar-refractivity contribution is 0.629. The predicted octanol–water partition coefficient (Wildman–Crippen LogP) is 4.90. The molecule has 0 radical (unpaired) electrons. The summed E-state index contributed by atoms with van der Waals surface area (Å²) in [5.41, 5.74) is 1.11. The van der Waals surface area contributed by atoms with E-state index in [2.05, 4.69) is 67.8 Å². The Kier molecular flexibility index (Phi) is 6.79. The molecule has 1 aromatic heterocycles. The van der Waals surface area contributed by atoms with Crippen molar-refractivity contribution >= 4 is 33.5 Å². The number of rotatable bonds is 6. The molecule has 0 aromatic carbocycles. The molecule has 0 saturated heterocycles. The van der Waals surface area contributed by atoms with Gasteiger partial charge in [0.2, 0.25) is 0 Å². The molecular formula is C15H26BrN3S. The van der Waals surface area contributed by atoms with Crippen molar-refractivity contribution in [3.8, 4) is 0 Å². The Morgan fingerprint density at radius 3 is 2.40 bits per heavy atom. The fourth-order valence-electron chi connectivity index (χ4n) is 1.70. The molecule has 0 spiro atoms. The van der Waals surface area contributed by atoms with Crippen molar-refractivity contribution in [1.82, 2.24) is 9.97 Å². The minimum Gasteiger partial charge on any atom is -0.369 e. The second-order valence-electron chi connectivity index (χ2n) is 6.28. The molecule has 0 aliphatic heterocycles. The summed E-state index contributed by atoms with van der Waals surface area (Å²) in [6, 6.07) is 0. The van der Waals surface area contributed by atoms with E-state index in [1.807, 2.05) is 11.8 Å². The number of nitrogens with zero attached hydrogens (tertiary/aromatic N) is 2. The Morgan fingerprint density at radius 1 is 1.25 bits per heavy atom. The number of thioether (sulfide) groups is 1. The van der Waals surface area contributed by atoms with E-state index in [0.29, 0.717) is 5.92 Å². The van der Waals surface area contributed by atoms with E-state index in [9.17, 15) is 0 Å². The summed E-state index contributed by atoms with van der Waals surface area (Å²) in [6.07, 6.45) is 0.967. The van der Waals surface area contributed by atoms with Crippen molar-refractivity contribution in [3.63, 3.8) is 0 Å². The molecule has 1 aromatic rings. The van der Waals surface area contributed by atoms with Gasteiger partial charge in [-0.05, 0) is 35.2 Å². The van der Waals surface area contributed by atoms with Crippen molar-refractivity contribution in [3.05, 3.63) is 16.0 Å². The molecular weight excluding hydrogens is 334 g/mol. The third-order valence-electron chi connectivity index (χ3n) is 2.55. The lowest BCUT2D eigenvalue weighted by atomic mass is 10.1. The second kappa shape index (κ2) is 7.64. The lowest BCUT2D eigenvalue weighted by Crippen LogP contribution is -2.12. The second-order valence-corrected chi connectivity index (χ2v) is 8.87. The van der Waals surface area contributed by atoms with E-state index in [1.165, 1.54) is 0 Å². The van der Waals surface area contributed by atoms with Crippen molar-refractivity contribution in [2.24, 2.45) is 5.92 Å². The zero-order valence-corrected chi connectivity index (χ0v) is 15.8. The molecule has 20 heavy (non-hydrogen) atoms. The van der Waals surface area contributed by atoms with Gasteiger partial charge in [-0.2, -0.15) is 0 Å². The maximum Gasteiger partial charge on any atom is 0.144 e. The quantitative estimate of drug-likeness (QED) is 0.783. The smallest absolute Gasteiger partial charge is 0.144 e. The average Bonchev–Trinajstić information content (AvgIpc) is 2.30. The van der Waals surface area contributed by atoms with Gasteiger partial charge in [0.05, 0.1) is 15.9 Å². The third kappa shape index (κ3) is 6.00. The van der Waals surface area contributed by atoms with E-state index in [4.69, 9.17) is 4.98 Å². The van der Waals surface area contributed by atoms with Crippen LogP contribution in [0.25, 0.3) is 0 Å². The standard InChI is InChI=1S/C15H26BrN3S/c1-7-17-14-13(16)11(8-10(2)3)18-12(19-14)9-20-15(4,5)6/h10H,7-9H2,1-6H3,(H,17,18,19). The van der Waals surface area contributed by atoms with Crippen LogP contribution < -0.4 is 5.32 Å². The van der Waals surface area contributed by atoms with E-state index in [0.717, 1.165) is 40.5 Å². The third-order valence-corrected chi connectivity index (χ3v) is 4.65. The molecule has 0 fully saturated rings. The summed E-state index contributed by atoms with van der Waals surface area (Å²) in [5.74, 6) is 3.27. The Hall–Kier alpha value is -0.290. The van der Waals surface area contributed by atoms with Crippen molar-refractivity contribution < 1.29 is 0 Å². The summed E-state index contributed by atoms with van der Waals surface area (Å²) < 4.78 is 1.24. The first-order valence-corrected chi connectivity index (χ1v) is 8.94. The molecule has 114 valence electrons. The molecule has 3 nitrogen and oxygen atoms in total. The van der Waals surface area contributed by atoms with Crippen molar-refractivity contribution in [1.29, 1.82) is 0 Å². The summed E-state index contributed by atoms with van der Waals surface area (Å²) in [7, 11) is 0. The van der Waals surface area contributed by atoms with Gasteiger partial charge in [-0.15, -0.1) is 11.8 Å². The van der Waals surface area contributed by atoms with E-state index >= 15 is 0 Å². The van der Waals surface area contributed by atoms with E-state index in [1.54, 1.807) is 0 Å². The van der Waals surface area contributed by atoms with Gasteiger partial charge in [-0.3, -0.25) is 0 Å². The molecule has 0 aliphatic carbocycles. The molecule has 0 unspecified atom stereocenters. The minimum atomic E-state index is 0.229. The van der Waals surface area contributed by atoms with Gasteiger partial charge in [0, 0.05) is 11.3 Å². The van der Waals surface area contributed by atoms with Gasteiger partial charge in [0.15, 0.2) is 0 Å². The number of aromatic nitrogens is 2. The van der Waals surface area contributed by atoms with Crippen LogP contribution in [0.5, 0.6) is 0 Å². The summed E-state index contributed by atoms with van der Waals surface area (Å²) in [4.78, 5) is 9.38. The van der Waals surface area contributed by atoms with E-state index < -0.39 is 0 Å². The summed E-state index contributed by atoms with van der Waals surface area (Å²) >= 11 is 5.52. The zero-order chi connectivity index (χ0) is 15.3. The number of hydrogen-bond acceptors (Lipinski definition) is 4. The highest BCUT2D eigenvalue weighted by Crippen LogP contribution is 2.30. The van der Waals surface area contributed by atoms with Crippen LogP contribution in [0.2, 0.25) is 0 Å². The van der Waals surface area contributed by atoms with Crippen molar-refractivity contribution in [2.45, 2.75) is 58.5 Å². The molecule has 1 N–H and O–H groups in total. The molecule has 5 heteroatoms. The normalized spacial score (nSPS) is 12.0. The molecule has 0 bridgehead atoms. The highest BCUT2D eigenvalue weighted by atomic mass is 79.9. The molecule has 1 heterocycles. The van der Waals surface area contributed by atoms with Gasteiger partial charge >= 0.3 is 0 Å². The first-order chi connectivity index (χ1) is 9.23. The predicted molar refractivity (Wildman–Crippen MR) is 93.5 cm³/mol. The monoisotopic (exact) mass is 359 g/mol. The number of nitrogens with one attached hydrogen (secondary N) is 1. The maximum atomic E-state index is 4.74. The summed E-state index contributed by atoms with van der Waals surface area (Å²) in [6.45, 7) is 14.0. The Bertz CT molecular complexity index is 441. The largest absolute Gasteiger partial charge is 0.369 e. The van der Waals surface area contributed by atoms with Gasteiger partial charge in [0.25, 0.3) is 0 Å². The SMILES string of the molecule is CCNc1nc(CSC(C)(C)C)nc(CC(C)C)c1Br. The molecule has 0 amide bonds. The van der Waals surface area contributed by atoms with Crippen LogP contribution in [-0.4, -0.2) is 21.3 Å². The molecule has 0 atom stereocenters. The topological polar surface area (TPSA) is 37.8 Å². The first kappa shape index (κ1) is 17.8. The Labute approximate surface area is 135 Å². The van der Waals surface area contributed by atoms with Crippen LogP contribution in [0.1, 0.15) is 53.1 Å². The highest BCUT2D eigenvalue weighted by Gasteiger charge is 2.16. The lowest BCUT2D eigenvalue weighted by Gasteiger charge is -2.18. The number of hydrogen-bond donors (Lipinski definition) is 1. The number of halogens is 1. The first-order valence-electron chi connectivity index (χ1n) is 7.16. The van der Waals surface area contributed by atoms with Crippen LogP contribution in [0.4, 0.5) is 5.82 Å².